The maximum Gasteiger partial charge on any atom is 0.326 e. The Bertz CT molecular complexity index is 1010. The van der Waals surface area contributed by atoms with Gasteiger partial charge in [-0.1, -0.05) is 30.3 Å². The fraction of sp³-hybridized carbons (Fsp3) is 0.500. The van der Waals surface area contributed by atoms with Gasteiger partial charge >= 0.3 is 5.97 Å². The molecule has 4 amide bonds. The Hall–Kier alpha value is -4.20. The standard InChI is InChI=1S/C24H36N8O6/c25-19(33)13-18(22(36)30-16(23(37)38)9-5-11-29-24(26)27)32-21(35)17(12-14-6-2-1-3-7-14)31-20(34)15-8-4-10-28-15/h1-3,6-7,15-18,28H,4-5,8-13H2,(H2,25,33)(H,30,36)(H,31,34)(H,32,35)(H,37,38)(H4,26,27,29). The topological polar surface area (TPSA) is 244 Å². The summed E-state index contributed by atoms with van der Waals surface area (Å²) in [6.07, 6.45) is 1.24. The second kappa shape index (κ2) is 15.1. The molecule has 14 heteroatoms. The molecule has 0 aliphatic carbocycles. The number of carbonyl (C=O) groups is 5. The summed E-state index contributed by atoms with van der Waals surface area (Å²) in [5, 5.41) is 20.1. The molecule has 1 saturated heterocycles. The zero-order valence-electron chi connectivity index (χ0n) is 21.0. The number of benzene rings is 1. The van der Waals surface area contributed by atoms with Gasteiger partial charge in [0.25, 0.3) is 0 Å². The number of nitrogens with two attached hydrogens (primary N) is 3. The predicted molar refractivity (Wildman–Crippen MR) is 138 cm³/mol. The lowest BCUT2D eigenvalue weighted by Gasteiger charge is -2.25. The molecule has 1 aromatic rings. The van der Waals surface area contributed by atoms with Gasteiger partial charge in [-0.25, -0.2) is 4.79 Å². The molecule has 11 N–H and O–H groups in total. The van der Waals surface area contributed by atoms with Crippen molar-refractivity contribution in [1.29, 1.82) is 0 Å². The highest BCUT2D eigenvalue weighted by Gasteiger charge is 2.32. The van der Waals surface area contributed by atoms with Crippen LogP contribution in [-0.2, 0) is 30.4 Å². The third-order valence-electron chi connectivity index (χ3n) is 5.89. The van der Waals surface area contributed by atoms with Crippen molar-refractivity contribution in [2.24, 2.45) is 22.2 Å². The van der Waals surface area contributed by atoms with Crippen LogP contribution in [0.3, 0.4) is 0 Å². The zero-order chi connectivity index (χ0) is 28.1. The molecule has 0 radical (unpaired) electrons. The molecule has 1 aromatic carbocycles. The molecule has 208 valence electrons. The van der Waals surface area contributed by atoms with Crippen LogP contribution in [0.2, 0.25) is 0 Å². The third kappa shape index (κ3) is 10.4. The minimum atomic E-state index is -1.46. The molecule has 14 nitrogen and oxygen atoms in total. The molecule has 4 atom stereocenters. The van der Waals surface area contributed by atoms with Gasteiger partial charge in [0.2, 0.25) is 23.6 Å². The molecule has 1 aliphatic heterocycles. The summed E-state index contributed by atoms with van der Waals surface area (Å²) in [7, 11) is 0. The van der Waals surface area contributed by atoms with Crippen molar-refractivity contribution in [3.8, 4) is 0 Å². The number of carboxylic acid groups (broad SMARTS) is 1. The largest absolute Gasteiger partial charge is 0.480 e. The van der Waals surface area contributed by atoms with Gasteiger partial charge in [-0.15, -0.1) is 0 Å². The van der Waals surface area contributed by atoms with Gasteiger partial charge < -0.3 is 43.6 Å². The highest BCUT2D eigenvalue weighted by atomic mass is 16.4. The van der Waals surface area contributed by atoms with Gasteiger partial charge in [0.15, 0.2) is 5.96 Å². The summed E-state index contributed by atoms with van der Waals surface area (Å²) in [6.45, 7) is 0.839. The maximum atomic E-state index is 13.3. The molecule has 1 fully saturated rings. The minimum absolute atomic E-state index is 0.00380. The molecule has 0 aromatic heterocycles. The summed E-state index contributed by atoms with van der Waals surface area (Å²) in [6, 6.07) is 4.66. The summed E-state index contributed by atoms with van der Waals surface area (Å²) >= 11 is 0. The monoisotopic (exact) mass is 532 g/mol. The van der Waals surface area contributed by atoms with Crippen molar-refractivity contribution in [3.63, 3.8) is 0 Å². The van der Waals surface area contributed by atoms with Gasteiger partial charge in [-0.05, 0) is 37.8 Å². The van der Waals surface area contributed by atoms with E-state index in [4.69, 9.17) is 17.2 Å². The number of amides is 4. The zero-order valence-corrected chi connectivity index (χ0v) is 21.0. The van der Waals surface area contributed by atoms with Crippen LogP contribution in [0.15, 0.2) is 35.3 Å². The number of primary amides is 1. The average Bonchev–Trinajstić information content (AvgIpc) is 3.40. The number of nitrogens with zero attached hydrogens (tertiary/aromatic N) is 1. The Morgan fingerprint density at radius 2 is 1.63 bits per heavy atom. The number of hydrogen-bond acceptors (Lipinski definition) is 7. The minimum Gasteiger partial charge on any atom is -0.480 e. The predicted octanol–water partition coefficient (Wildman–Crippen LogP) is -2.55. The van der Waals surface area contributed by atoms with Crippen LogP contribution >= 0.6 is 0 Å². The van der Waals surface area contributed by atoms with Crippen LogP contribution in [0.25, 0.3) is 0 Å². The molecule has 0 saturated carbocycles. The van der Waals surface area contributed by atoms with Gasteiger partial charge in [0.05, 0.1) is 12.5 Å². The Kier molecular flexibility index (Phi) is 12.0. The van der Waals surface area contributed by atoms with Crippen molar-refractivity contribution >= 4 is 35.6 Å². The molecule has 2 rings (SSSR count). The number of rotatable bonds is 15. The van der Waals surface area contributed by atoms with E-state index < -0.39 is 54.3 Å². The van der Waals surface area contributed by atoms with Crippen molar-refractivity contribution in [2.75, 3.05) is 13.1 Å². The quantitative estimate of drug-likeness (QED) is 0.0672. The van der Waals surface area contributed by atoms with Gasteiger partial charge in [0.1, 0.15) is 18.1 Å². The van der Waals surface area contributed by atoms with E-state index in [-0.39, 0.29) is 37.7 Å². The summed E-state index contributed by atoms with van der Waals surface area (Å²) in [5.74, 6) is -4.34. The molecule has 38 heavy (non-hydrogen) atoms. The maximum absolute atomic E-state index is 13.3. The summed E-state index contributed by atoms with van der Waals surface area (Å²) < 4.78 is 0. The van der Waals surface area contributed by atoms with E-state index in [1.807, 2.05) is 6.07 Å². The van der Waals surface area contributed by atoms with Gasteiger partial charge in [0, 0.05) is 13.0 Å². The molecular formula is C24H36N8O6. The van der Waals surface area contributed by atoms with Crippen LogP contribution < -0.4 is 38.5 Å². The van der Waals surface area contributed by atoms with Crippen LogP contribution in [0.4, 0.5) is 0 Å². The van der Waals surface area contributed by atoms with Crippen LogP contribution in [0, 0.1) is 0 Å². The fourth-order valence-corrected chi connectivity index (χ4v) is 3.96. The number of carbonyl (C=O) groups excluding carboxylic acids is 4. The SMILES string of the molecule is NC(=O)CC(NC(=O)C(Cc1ccccc1)NC(=O)C1CCCN1)C(=O)NC(CCCN=C(N)N)C(=O)O. The Morgan fingerprint density at radius 3 is 2.21 bits per heavy atom. The second-order valence-electron chi connectivity index (χ2n) is 8.98. The first-order valence-corrected chi connectivity index (χ1v) is 12.3. The number of hydrogen-bond donors (Lipinski definition) is 8. The van der Waals surface area contributed by atoms with Crippen LogP contribution in [0.5, 0.6) is 0 Å². The fourth-order valence-electron chi connectivity index (χ4n) is 3.96. The number of nitrogens with one attached hydrogen (secondary N) is 4. The molecule has 1 heterocycles. The number of aliphatic carboxylic acids is 1. The van der Waals surface area contributed by atoms with Crippen molar-refractivity contribution in [2.45, 2.75) is 62.7 Å². The Balaban J connectivity index is 2.14. The molecule has 0 bridgehead atoms. The normalized spacial score (nSPS) is 16.9. The van der Waals surface area contributed by atoms with Gasteiger partial charge in [-0.3, -0.25) is 24.2 Å². The molecule has 0 spiro atoms. The number of aliphatic imine (C=N–C) groups is 1. The van der Waals surface area contributed by atoms with E-state index in [1.165, 1.54) is 0 Å². The lowest BCUT2D eigenvalue weighted by Crippen LogP contribution is -2.58. The lowest BCUT2D eigenvalue weighted by molar-refractivity contribution is -0.142. The van der Waals surface area contributed by atoms with E-state index in [0.29, 0.717) is 13.0 Å². The average molecular weight is 533 g/mol. The Morgan fingerprint density at radius 1 is 0.974 bits per heavy atom. The number of guanidine groups is 1. The first kappa shape index (κ1) is 30.0. The summed E-state index contributed by atoms with van der Waals surface area (Å²) in [4.78, 5) is 66.0. The van der Waals surface area contributed by atoms with Crippen molar-refractivity contribution in [3.05, 3.63) is 35.9 Å². The third-order valence-corrected chi connectivity index (χ3v) is 5.89. The first-order chi connectivity index (χ1) is 18.1. The molecular weight excluding hydrogens is 496 g/mol. The highest BCUT2D eigenvalue weighted by molar-refractivity contribution is 5.96. The highest BCUT2D eigenvalue weighted by Crippen LogP contribution is 2.09. The van der Waals surface area contributed by atoms with Crippen molar-refractivity contribution < 1.29 is 29.1 Å². The van der Waals surface area contributed by atoms with Gasteiger partial charge in [-0.2, -0.15) is 0 Å². The summed E-state index contributed by atoms with van der Waals surface area (Å²) in [5.41, 5.74) is 16.5. The number of carboxylic acids is 1. The van der Waals surface area contributed by atoms with E-state index in [9.17, 15) is 29.1 Å². The second-order valence-corrected chi connectivity index (χ2v) is 8.98. The van der Waals surface area contributed by atoms with E-state index >= 15 is 0 Å². The van der Waals surface area contributed by atoms with E-state index in [1.54, 1.807) is 24.3 Å². The van der Waals surface area contributed by atoms with E-state index in [2.05, 4.69) is 26.3 Å². The van der Waals surface area contributed by atoms with Crippen LogP contribution in [-0.4, -0.2) is 77.9 Å². The van der Waals surface area contributed by atoms with E-state index in [0.717, 1.165) is 12.0 Å². The first-order valence-electron chi connectivity index (χ1n) is 12.3. The lowest BCUT2D eigenvalue weighted by atomic mass is 10.0. The molecule has 1 aliphatic rings. The van der Waals surface area contributed by atoms with Crippen LogP contribution in [0.1, 0.15) is 37.7 Å². The smallest absolute Gasteiger partial charge is 0.326 e. The molecule has 4 unspecified atom stereocenters. The van der Waals surface area contributed by atoms with Crippen molar-refractivity contribution in [1.82, 2.24) is 21.3 Å². The Labute approximate surface area is 220 Å².